The fraction of sp³-hybridized carbons (Fsp3) is 0.167. The zero-order valence-electron chi connectivity index (χ0n) is 11.6. The van der Waals surface area contributed by atoms with Crippen LogP contribution in [-0.2, 0) is 4.79 Å². The molecule has 106 valence electrons. The molecule has 0 saturated carbocycles. The van der Waals surface area contributed by atoms with Gasteiger partial charge in [0.15, 0.2) is 5.78 Å². The van der Waals surface area contributed by atoms with Gasteiger partial charge in [-0.2, -0.15) is 0 Å². The third kappa shape index (κ3) is 3.53. The third-order valence-electron chi connectivity index (χ3n) is 3.65. The SMILES string of the molecule is O=C1C=C(Nc2ccccc2)C[C@@H](c2cccc(Cl)c2)C1. The lowest BCUT2D eigenvalue weighted by molar-refractivity contribution is -0.115. The smallest absolute Gasteiger partial charge is 0.158 e. The van der Waals surface area contributed by atoms with Crippen LogP contribution in [-0.4, -0.2) is 5.78 Å². The molecule has 2 nitrogen and oxygen atoms in total. The van der Waals surface area contributed by atoms with Gasteiger partial charge in [0.1, 0.15) is 0 Å². The Morgan fingerprint density at radius 2 is 1.81 bits per heavy atom. The van der Waals surface area contributed by atoms with Gasteiger partial charge < -0.3 is 5.32 Å². The molecule has 0 aliphatic heterocycles. The van der Waals surface area contributed by atoms with Crippen molar-refractivity contribution in [1.29, 1.82) is 0 Å². The highest BCUT2D eigenvalue weighted by Crippen LogP contribution is 2.32. The molecule has 0 fully saturated rings. The van der Waals surface area contributed by atoms with Crippen molar-refractivity contribution in [3.05, 3.63) is 77.0 Å². The molecule has 0 heterocycles. The highest BCUT2D eigenvalue weighted by molar-refractivity contribution is 6.30. The van der Waals surface area contributed by atoms with E-state index in [0.29, 0.717) is 11.4 Å². The van der Waals surface area contributed by atoms with E-state index in [-0.39, 0.29) is 11.7 Å². The lowest BCUT2D eigenvalue weighted by atomic mass is 9.85. The average molecular weight is 298 g/mol. The Balaban J connectivity index is 1.79. The summed E-state index contributed by atoms with van der Waals surface area (Å²) >= 11 is 6.05. The van der Waals surface area contributed by atoms with Crippen LogP contribution >= 0.6 is 11.6 Å². The summed E-state index contributed by atoms with van der Waals surface area (Å²) in [5.41, 5.74) is 3.09. The second kappa shape index (κ2) is 6.15. The molecular weight excluding hydrogens is 282 g/mol. The molecule has 0 amide bonds. The van der Waals surface area contributed by atoms with E-state index < -0.39 is 0 Å². The maximum Gasteiger partial charge on any atom is 0.158 e. The first-order valence-corrected chi connectivity index (χ1v) is 7.39. The lowest BCUT2D eigenvalue weighted by Gasteiger charge is -2.23. The Bertz CT molecular complexity index is 679. The number of rotatable bonds is 3. The van der Waals surface area contributed by atoms with Crippen molar-refractivity contribution in [3.63, 3.8) is 0 Å². The molecule has 21 heavy (non-hydrogen) atoms. The number of anilines is 1. The topological polar surface area (TPSA) is 29.1 Å². The van der Waals surface area contributed by atoms with E-state index in [4.69, 9.17) is 11.6 Å². The molecule has 0 radical (unpaired) electrons. The first kappa shape index (κ1) is 13.9. The molecule has 2 aromatic rings. The summed E-state index contributed by atoms with van der Waals surface area (Å²) < 4.78 is 0. The number of hydrogen-bond acceptors (Lipinski definition) is 2. The summed E-state index contributed by atoms with van der Waals surface area (Å²) in [4.78, 5) is 12.0. The molecule has 0 unspecified atom stereocenters. The van der Waals surface area contributed by atoms with Crippen LogP contribution in [0.15, 0.2) is 66.4 Å². The maximum atomic E-state index is 12.0. The van der Waals surface area contributed by atoms with Crippen LogP contribution in [0.1, 0.15) is 24.3 Å². The molecule has 1 atom stereocenters. The van der Waals surface area contributed by atoms with Gasteiger partial charge in [-0.3, -0.25) is 4.79 Å². The molecule has 1 aliphatic rings. The molecule has 0 spiro atoms. The Kier molecular flexibility index (Phi) is 4.07. The number of hydrogen-bond donors (Lipinski definition) is 1. The quantitative estimate of drug-likeness (QED) is 0.883. The van der Waals surface area contributed by atoms with Crippen molar-refractivity contribution >= 4 is 23.1 Å². The minimum atomic E-state index is 0.157. The first-order chi connectivity index (χ1) is 10.2. The highest BCUT2D eigenvalue weighted by Gasteiger charge is 2.22. The van der Waals surface area contributed by atoms with Gasteiger partial charge in [0, 0.05) is 28.9 Å². The lowest BCUT2D eigenvalue weighted by Crippen LogP contribution is -2.16. The Morgan fingerprint density at radius 1 is 1.00 bits per heavy atom. The summed E-state index contributed by atoms with van der Waals surface area (Å²) in [7, 11) is 0. The number of allylic oxidation sites excluding steroid dienone is 2. The number of benzene rings is 2. The van der Waals surface area contributed by atoms with Gasteiger partial charge in [-0.05, 0) is 42.2 Å². The van der Waals surface area contributed by atoms with Crippen molar-refractivity contribution < 1.29 is 4.79 Å². The van der Waals surface area contributed by atoms with Gasteiger partial charge in [0.2, 0.25) is 0 Å². The number of halogens is 1. The second-order valence-corrected chi connectivity index (χ2v) is 5.72. The Morgan fingerprint density at radius 3 is 2.57 bits per heavy atom. The number of nitrogens with one attached hydrogen (secondary N) is 1. The van der Waals surface area contributed by atoms with Crippen LogP contribution in [0.2, 0.25) is 5.02 Å². The van der Waals surface area contributed by atoms with Crippen molar-refractivity contribution in [2.45, 2.75) is 18.8 Å². The van der Waals surface area contributed by atoms with E-state index in [1.54, 1.807) is 6.08 Å². The summed E-state index contributed by atoms with van der Waals surface area (Å²) in [5.74, 6) is 0.345. The standard InChI is InChI=1S/C18H16ClNO/c19-15-6-4-5-13(9-15)14-10-17(12-18(21)11-14)20-16-7-2-1-3-8-16/h1-9,12,14,20H,10-11H2/t14-/m1/s1. The highest BCUT2D eigenvalue weighted by atomic mass is 35.5. The molecule has 3 rings (SSSR count). The summed E-state index contributed by atoms with van der Waals surface area (Å²) in [5, 5.41) is 4.05. The van der Waals surface area contributed by atoms with Crippen molar-refractivity contribution in [3.8, 4) is 0 Å². The van der Waals surface area contributed by atoms with E-state index in [2.05, 4.69) is 5.32 Å². The monoisotopic (exact) mass is 297 g/mol. The van der Waals surface area contributed by atoms with E-state index >= 15 is 0 Å². The van der Waals surface area contributed by atoms with Crippen LogP contribution in [0.25, 0.3) is 0 Å². The number of carbonyl (C=O) groups excluding carboxylic acids is 1. The van der Waals surface area contributed by atoms with Crippen LogP contribution in [0.3, 0.4) is 0 Å². The van der Waals surface area contributed by atoms with E-state index in [1.165, 1.54) is 0 Å². The van der Waals surface area contributed by atoms with Gasteiger partial charge in [-0.25, -0.2) is 0 Å². The molecule has 2 aromatic carbocycles. The van der Waals surface area contributed by atoms with E-state index in [1.807, 2.05) is 54.6 Å². The van der Waals surface area contributed by atoms with E-state index in [0.717, 1.165) is 23.4 Å². The second-order valence-electron chi connectivity index (χ2n) is 5.29. The largest absolute Gasteiger partial charge is 0.359 e. The number of para-hydroxylation sites is 1. The normalized spacial score (nSPS) is 18.2. The van der Waals surface area contributed by atoms with Gasteiger partial charge in [0.05, 0.1) is 0 Å². The van der Waals surface area contributed by atoms with Crippen molar-refractivity contribution in [2.75, 3.05) is 5.32 Å². The minimum Gasteiger partial charge on any atom is -0.359 e. The summed E-state index contributed by atoms with van der Waals surface area (Å²) in [6, 6.07) is 17.7. The molecule has 1 aliphatic carbocycles. The molecule has 3 heteroatoms. The molecule has 0 saturated heterocycles. The molecular formula is C18H16ClNO. The van der Waals surface area contributed by atoms with Crippen molar-refractivity contribution in [2.24, 2.45) is 0 Å². The fourth-order valence-corrected chi connectivity index (χ4v) is 2.88. The third-order valence-corrected chi connectivity index (χ3v) is 3.88. The van der Waals surface area contributed by atoms with Crippen molar-refractivity contribution in [1.82, 2.24) is 0 Å². The van der Waals surface area contributed by atoms with Crippen LogP contribution < -0.4 is 5.32 Å². The van der Waals surface area contributed by atoms with E-state index in [9.17, 15) is 4.79 Å². The average Bonchev–Trinajstić information content (AvgIpc) is 2.48. The Labute approximate surface area is 129 Å². The van der Waals surface area contributed by atoms with Crippen LogP contribution in [0.5, 0.6) is 0 Å². The van der Waals surface area contributed by atoms with Crippen LogP contribution in [0.4, 0.5) is 5.69 Å². The minimum absolute atomic E-state index is 0.157. The number of ketones is 1. The summed E-state index contributed by atoms with van der Waals surface area (Å²) in [6.07, 6.45) is 3.08. The molecule has 0 aromatic heterocycles. The fourth-order valence-electron chi connectivity index (χ4n) is 2.68. The van der Waals surface area contributed by atoms with Gasteiger partial charge in [0.25, 0.3) is 0 Å². The Hall–Kier alpha value is -2.06. The first-order valence-electron chi connectivity index (χ1n) is 7.01. The van der Waals surface area contributed by atoms with Crippen LogP contribution in [0, 0.1) is 0 Å². The van der Waals surface area contributed by atoms with Gasteiger partial charge in [-0.15, -0.1) is 0 Å². The zero-order chi connectivity index (χ0) is 14.7. The summed E-state index contributed by atoms with van der Waals surface area (Å²) in [6.45, 7) is 0. The van der Waals surface area contributed by atoms with Gasteiger partial charge >= 0.3 is 0 Å². The predicted octanol–water partition coefficient (Wildman–Crippen LogP) is 4.78. The van der Waals surface area contributed by atoms with Gasteiger partial charge in [-0.1, -0.05) is 41.9 Å². The number of carbonyl (C=O) groups is 1. The maximum absolute atomic E-state index is 12.0. The predicted molar refractivity (Wildman–Crippen MR) is 86.6 cm³/mol. The zero-order valence-corrected chi connectivity index (χ0v) is 12.3. The molecule has 0 bridgehead atoms. The molecule has 1 N–H and O–H groups in total.